The van der Waals surface area contributed by atoms with Gasteiger partial charge in [0.1, 0.15) is 0 Å². The van der Waals surface area contributed by atoms with Crippen LogP contribution >= 0.6 is 0 Å². The zero-order valence-electron chi connectivity index (χ0n) is 34.0. The Kier molecular flexibility index (Phi) is 8.53. The van der Waals surface area contributed by atoms with Gasteiger partial charge in [0.05, 0.1) is 28.4 Å². The highest BCUT2D eigenvalue weighted by molar-refractivity contribution is 6.07. The Balaban J connectivity index is 1.10. The molecule has 0 fully saturated rings. The maximum atomic E-state index is 2.49. The highest BCUT2D eigenvalue weighted by Gasteiger charge is 2.30. The summed E-state index contributed by atoms with van der Waals surface area (Å²) in [5.74, 6) is 0. The molecule has 0 aliphatic carbocycles. The fourth-order valence-electron chi connectivity index (χ4n) is 9.73. The van der Waals surface area contributed by atoms with E-state index in [1.54, 1.807) is 0 Å². The summed E-state index contributed by atoms with van der Waals surface area (Å²) in [6.45, 7) is 0. The lowest BCUT2D eigenvalue weighted by Crippen LogP contribution is -2.12. The standard InChI is InChI=1S/C60H40N2/c1-3-18-41(19-4-1)43-22-17-23-46(38-43)61-57-32-15-12-29-52(57)48-25-7-9-27-50(48)54-36-34-44(39-59(54)61)45-35-37-55-51-28-10-8-26-49(51)53-30-13-16-33-58(53)62(60(55)40-45)56-31-14-11-24-47(56)42-20-5-2-6-21-42/h1-40H. The second-order valence-corrected chi connectivity index (χ2v) is 16.1. The van der Waals surface area contributed by atoms with Gasteiger partial charge in [-0.2, -0.15) is 0 Å². The van der Waals surface area contributed by atoms with Gasteiger partial charge in [-0.3, -0.25) is 0 Å². The molecule has 0 bridgehead atoms. The Labute approximate surface area is 362 Å². The maximum Gasteiger partial charge on any atom is 0.0546 e. The fourth-order valence-corrected chi connectivity index (χ4v) is 9.73. The van der Waals surface area contributed by atoms with E-state index in [1.807, 2.05) is 0 Å². The van der Waals surface area contributed by atoms with E-state index in [1.165, 1.54) is 66.8 Å². The molecule has 0 amide bonds. The normalized spacial score (nSPS) is 12.1. The number of benzene rings is 10. The molecule has 0 N–H and O–H groups in total. The van der Waals surface area contributed by atoms with Crippen LogP contribution in [-0.2, 0) is 0 Å². The van der Waals surface area contributed by atoms with Crippen LogP contribution < -0.4 is 9.80 Å². The topological polar surface area (TPSA) is 6.48 Å². The van der Waals surface area contributed by atoms with Crippen molar-refractivity contribution in [1.29, 1.82) is 0 Å². The van der Waals surface area contributed by atoms with Crippen molar-refractivity contribution < 1.29 is 0 Å². The Morgan fingerprint density at radius 2 is 0.532 bits per heavy atom. The number of fused-ring (bicyclic) bond motifs is 10. The Morgan fingerprint density at radius 3 is 1.06 bits per heavy atom. The average Bonchev–Trinajstić information content (AvgIpc) is 3.55. The van der Waals surface area contributed by atoms with Crippen LogP contribution in [0.25, 0.3) is 77.9 Å². The molecular weight excluding hydrogens is 749 g/mol. The third kappa shape index (κ3) is 5.88. The van der Waals surface area contributed by atoms with Crippen molar-refractivity contribution in [2.45, 2.75) is 0 Å². The Morgan fingerprint density at radius 1 is 0.177 bits per heavy atom. The minimum atomic E-state index is 1.11. The molecule has 62 heavy (non-hydrogen) atoms. The zero-order chi connectivity index (χ0) is 41.0. The van der Waals surface area contributed by atoms with Crippen molar-refractivity contribution in [3.8, 4) is 77.9 Å². The number of rotatable bonds is 5. The Hall–Kier alpha value is -8.20. The summed E-state index contributed by atoms with van der Waals surface area (Å²) < 4.78 is 0. The molecule has 0 atom stereocenters. The monoisotopic (exact) mass is 788 g/mol. The molecule has 12 rings (SSSR count). The summed E-state index contributed by atoms with van der Waals surface area (Å²) in [6, 6.07) is 88.8. The van der Waals surface area contributed by atoms with Crippen molar-refractivity contribution in [3.63, 3.8) is 0 Å². The first kappa shape index (κ1) is 35.7. The van der Waals surface area contributed by atoms with Gasteiger partial charge in [0, 0.05) is 33.5 Å². The molecule has 0 spiro atoms. The predicted molar refractivity (Wildman–Crippen MR) is 261 cm³/mol. The molecule has 2 heteroatoms. The van der Waals surface area contributed by atoms with Crippen LogP contribution in [0.15, 0.2) is 243 Å². The number of nitrogens with zero attached hydrogens (tertiary/aromatic N) is 2. The van der Waals surface area contributed by atoms with Crippen LogP contribution in [0.3, 0.4) is 0 Å². The van der Waals surface area contributed by atoms with Gasteiger partial charge in [-0.15, -0.1) is 0 Å². The Bertz CT molecular complexity index is 3310. The SMILES string of the molecule is c1ccc(-c2cccc(N3c4ccccc4-c4ccccc4-c4ccc(-c5ccc6c(c5)N(c5ccccc5-c5ccccc5)c5ccccc5-c5ccccc5-6)cc43)c2)cc1. The minimum Gasteiger partial charge on any atom is -0.309 e. The second kappa shape index (κ2) is 14.8. The van der Waals surface area contributed by atoms with E-state index in [0.717, 1.165) is 45.3 Å². The molecule has 0 aromatic heterocycles. The van der Waals surface area contributed by atoms with Gasteiger partial charge in [0.2, 0.25) is 0 Å². The van der Waals surface area contributed by atoms with Gasteiger partial charge in [-0.25, -0.2) is 0 Å². The summed E-state index contributed by atoms with van der Waals surface area (Å²) in [7, 11) is 0. The molecule has 2 nitrogen and oxygen atoms in total. The van der Waals surface area contributed by atoms with E-state index < -0.39 is 0 Å². The van der Waals surface area contributed by atoms with Gasteiger partial charge < -0.3 is 9.80 Å². The summed E-state index contributed by atoms with van der Waals surface area (Å²) in [6.07, 6.45) is 0. The first-order valence-electron chi connectivity index (χ1n) is 21.3. The number of anilines is 6. The summed E-state index contributed by atoms with van der Waals surface area (Å²) in [5.41, 5.74) is 23.6. The van der Waals surface area contributed by atoms with Crippen molar-refractivity contribution in [1.82, 2.24) is 0 Å². The van der Waals surface area contributed by atoms with Crippen molar-refractivity contribution >= 4 is 34.1 Å². The third-order valence-electron chi connectivity index (χ3n) is 12.6. The van der Waals surface area contributed by atoms with E-state index in [4.69, 9.17) is 0 Å². The summed E-state index contributed by atoms with van der Waals surface area (Å²) in [5, 5.41) is 0. The van der Waals surface area contributed by atoms with E-state index in [9.17, 15) is 0 Å². The first-order valence-corrected chi connectivity index (χ1v) is 21.3. The molecule has 2 aliphatic heterocycles. The molecule has 2 aliphatic rings. The highest BCUT2D eigenvalue weighted by Crippen LogP contribution is 2.55. The minimum absolute atomic E-state index is 1.11. The van der Waals surface area contributed by atoms with E-state index >= 15 is 0 Å². The van der Waals surface area contributed by atoms with Crippen molar-refractivity contribution in [2.75, 3.05) is 9.80 Å². The van der Waals surface area contributed by atoms with Crippen LogP contribution in [-0.4, -0.2) is 0 Å². The molecule has 0 saturated carbocycles. The van der Waals surface area contributed by atoms with Crippen molar-refractivity contribution in [2.24, 2.45) is 0 Å². The van der Waals surface area contributed by atoms with Gasteiger partial charge in [-0.05, 0) is 92.5 Å². The van der Waals surface area contributed by atoms with Crippen molar-refractivity contribution in [3.05, 3.63) is 243 Å². The molecule has 2 heterocycles. The van der Waals surface area contributed by atoms with E-state index in [-0.39, 0.29) is 0 Å². The van der Waals surface area contributed by atoms with E-state index in [2.05, 4.69) is 252 Å². The average molecular weight is 789 g/mol. The molecule has 0 radical (unpaired) electrons. The molecule has 0 unspecified atom stereocenters. The smallest absolute Gasteiger partial charge is 0.0546 e. The van der Waals surface area contributed by atoms with Crippen LogP contribution in [0, 0.1) is 0 Å². The fraction of sp³-hybridized carbons (Fsp3) is 0. The quantitative estimate of drug-likeness (QED) is 0.171. The third-order valence-corrected chi connectivity index (χ3v) is 12.6. The lowest BCUT2D eigenvalue weighted by Gasteiger charge is -2.30. The van der Waals surface area contributed by atoms with Crippen LogP contribution in [0.2, 0.25) is 0 Å². The summed E-state index contributed by atoms with van der Waals surface area (Å²) >= 11 is 0. The highest BCUT2D eigenvalue weighted by atomic mass is 15.2. The van der Waals surface area contributed by atoms with Crippen LogP contribution in [0.1, 0.15) is 0 Å². The lowest BCUT2D eigenvalue weighted by molar-refractivity contribution is 1.29. The van der Waals surface area contributed by atoms with Gasteiger partial charge >= 0.3 is 0 Å². The molecular formula is C60H40N2. The zero-order valence-corrected chi connectivity index (χ0v) is 34.0. The van der Waals surface area contributed by atoms with Gasteiger partial charge in [-0.1, -0.05) is 200 Å². The van der Waals surface area contributed by atoms with Crippen LogP contribution in [0.5, 0.6) is 0 Å². The molecule has 10 aromatic rings. The van der Waals surface area contributed by atoms with Gasteiger partial charge in [0.25, 0.3) is 0 Å². The van der Waals surface area contributed by atoms with Gasteiger partial charge in [0.15, 0.2) is 0 Å². The molecule has 290 valence electrons. The number of hydrogen-bond donors (Lipinski definition) is 0. The van der Waals surface area contributed by atoms with E-state index in [0.29, 0.717) is 0 Å². The largest absolute Gasteiger partial charge is 0.309 e. The summed E-state index contributed by atoms with van der Waals surface area (Å²) in [4.78, 5) is 4.97. The number of hydrogen-bond acceptors (Lipinski definition) is 2. The molecule has 10 aromatic carbocycles. The maximum absolute atomic E-state index is 2.49. The van der Waals surface area contributed by atoms with Crippen LogP contribution in [0.4, 0.5) is 34.1 Å². The second-order valence-electron chi connectivity index (χ2n) is 16.1. The lowest BCUT2D eigenvalue weighted by atomic mass is 9.91. The first-order chi connectivity index (χ1) is 30.8. The number of para-hydroxylation sites is 3. The molecule has 0 saturated heterocycles. The predicted octanol–water partition coefficient (Wildman–Crippen LogP) is 16.9.